The first-order valence-corrected chi connectivity index (χ1v) is 6.88. The van der Waals surface area contributed by atoms with Gasteiger partial charge in [0.1, 0.15) is 0 Å². The first-order valence-electron chi connectivity index (χ1n) is 6.88. The fraction of sp³-hybridized carbons (Fsp3) is 0.600. The maximum Gasteiger partial charge on any atom is 0.0346 e. The number of para-hydroxylation sites is 1. The summed E-state index contributed by atoms with van der Waals surface area (Å²) in [5, 5.41) is 3.64. The van der Waals surface area contributed by atoms with Gasteiger partial charge in [0.15, 0.2) is 0 Å². The van der Waals surface area contributed by atoms with Crippen LogP contribution in [-0.2, 0) is 6.42 Å². The predicted molar refractivity (Wildman–Crippen MR) is 74.0 cm³/mol. The summed E-state index contributed by atoms with van der Waals surface area (Å²) in [6, 6.07) is 8.99. The molecule has 0 heterocycles. The average molecular weight is 232 g/mol. The summed E-state index contributed by atoms with van der Waals surface area (Å²) in [7, 11) is 0. The zero-order valence-electron chi connectivity index (χ0n) is 10.8. The smallest absolute Gasteiger partial charge is 0.0346 e. The summed E-state index contributed by atoms with van der Waals surface area (Å²) in [5.41, 5.74) is 8.14. The topological polar surface area (TPSA) is 38.0 Å². The van der Waals surface area contributed by atoms with E-state index in [0.717, 1.165) is 30.6 Å². The molecule has 2 heteroatoms. The van der Waals surface area contributed by atoms with Crippen molar-refractivity contribution >= 4 is 5.69 Å². The Morgan fingerprint density at radius 1 is 1.35 bits per heavy atom. The molecule has 1 fully saturated rings. The van der Waals surface area contributed by atoms with E-state index in [1.54, 1.807) is 0 Å². The minimum atomic E-state index is 0.808. The Labute approximate surface area is 105 Å². The highest BCUT2D eigenvalue weighted by Gasteiger charge is 2.34. The van der Waals surface area contributed by atoms with Gasteiger partial charge in [-0.25, -0.2) is 0 Å². The number of nitrogens with two attached hydrogens (primary N) is 1. The summed E-state index contributed by atoms with van der Waals surface area (Å²) in [5.74, 6) is 0.960. The number of rotatable bonds is 7. The van der Waals surface area contributed by atoms with Gasteiger partial charge < -0.3 is 11.1 Å². The van der Waals surface area contributed by atoms with E-state index in [1.165, 1.54) is 31.2 Å². The molecule has 17 heavy (non-hydrogen) atoms. The Hall–Kier alpha value is -1.02. The summed E-state index contributed by atoms with van der Waals surface area (Å²) in [6.07, 6.45) is 6.38. The van der Waals surface area contributed by atoms with E-state index in [1.807, 2.05) is 12.1 Å². The lowest BCUT2D eigenvalue weighted by Crippen LogP contribution is -2.20. The Kier molecular flexibility index (Phi) is 4.43. The summed E-state index contributed by atoms with van der Waals surface area (Å²) in [4.78, 5) is 0. The highest BCUT2D eigenvalue weighted by atomic mass is 15.0. The van der Waals surface area contributed by atoms with Crippen molar-refractivity contribution in [2.75, 3.05) is 12.3 Å². The molecular formula is C15H24N2. The van der Waals surface area contributed by atoms with E-state index in [2.05, 4.69) is 24.4 Å². The molecule has 2 unspecified atom stereocenters. The first kappa shape index (κ1) is 12.4. The van der Waals surface area contributed by atoms with Crippen molar-refractivity contribution in [1.82, 2.24) is 5.32 Å². The molecule has 2 nitrogen and oxygen atoms in total. The third-order valence-corrected chi connectivity index (χ3v) is 3.67. The van der Waals surface area contributed by atoms with Gasteiger partial charge in [0.25, 0.3) is 0 Å². The molecule has 0 amide bonds. The van der Waals surface area contributed by atoms with Crippen molar-refractivity contribution in [3.8, 4) is 0 Å². The van der Waals surface area contributed by atoms with Crippen molar-refractivity contribution in [3.63, 3.8) is 0 Å². The highest BCUT2D eigenvalue weighted by Crippen LogP contribution is 2.34. The van der Waals surface area contributed by atoms with E-state index in [0.29, 0.717) is 0 Å². The first-order chi connectivity index (χ1) is 8.31. The Balaban J connectivity index is 1.60. The maximum atomic E-state index is 5.92. The van der Waals surface area contributed by atoms with E-state index < -0.39 is 0 Å². The fourth-order valence-electron chi connectivity index (χ4n) is 2.52. The van der Waals surface area contributed by atoms with E-state index >= 15 is 0 Å². The molecule has 0 saturated heterocycles. The molecule has 0 aromatic heterocycles. The second-order valence-electron chi connectivity index (χ2n) is 5.15. The summed E-state index contributed by atoms with van der Waals surface area (Å²) < 4.78 is 0. The average Bonchev–Trinajstić information content (AvgIpc) is 3.06. The lowest BCUT2D eigenvalue weighted by molar-refractivity contribution is 0.585. The monoisotopic (exact) mass is 232 g/mol. The minimum absolute atomic E-state index is 0.808. The maximum absolute atomic E-state index is 5.92. The Morgan fingerprint density at radius 3 is 2.94 bits per heavy atom. The van der Waals surface area contributed by atoms with Gasteiger partial charge in [0.05, 0.1) is 0 Å². The van der Waals surface area contributed by atoms with Gasteiger partial charge in [0.2, 0.25) is 0 Å². The third-order valence-electron chi connectivity index (χ3n) is 3.67. The van der Waals surface area contributed by atoms with Crippen LogP contribution in [0.5, 0.6) is 0 Å². The van der Waals surface area contributed by atoms with Gasteiger partial charge in [-0.05, 0) is 49.8 Å². The van der Waals surface area contributed by atoms with Crippen molar-refractivity contribution in [2.24, 2.45) is 5.92 Å². The SMILES string of the molecule is CCCC1CC1NCCCc1ccccc1N. The Bertz CT molecular complexity index is 349. The summed E-state index contributed by atoms with van der Waals surface area (Å²) in [6.45, 7) is 3.40. The third kappa shape index (κ3) is 3.74. The highest BCUT2D eigenvalue weighted by molar-refractivity contribution is 5.46. The molecular weight excluding hydrogens is 208 g/mol. The van der Waals surface area contributed by atoms with Gasteiger partial charge in [-0.2, -0.15) is 0 Å². The zero-order valence-corrected chi connectivity index (χ0v) is 10.8. The van der Waals surface area contributed by atoms with Crippen LogP contribution >= 0.6 is 0 Å². The molecule has 2 atom stereocenters. The number of hydrogen-bond acceptors (Lipinski definition) is 2. The zero-order chi connectivity index (χ0) is 12.1. The largest absolute Gasteiger partial charge is 0.399 e. The molecule has 0 spiro atoms. The number of nitrogen functional groups attached to an aromatic ring is 1. The standard InChI is InChI=1S/C15H24N2/c1-2-6-13-11-15(13)17-10-5-8-12-7-3-4-9-14(12)16/h3-4,7,9,13,15,17H,2,5-6,8,10-11,16H2,1H3. The minimum Gasteiger partial charge on any atom is -0.399 e. The van der Waals surface area contributed by atoms with Crippen LogP contribution < -0.4 is 11.1 Å². The second kappa shape index (κ2) is 6.06. The van der Waals surface area contributed by atoms with E-state index in [9.17, 15) is 0 Å². The van der Waals surface area contributed by atoms with E-state index in [4.69, 9.17) is 5.73 Å². The Morgan fingerprint density at radius 2 is 2.18 bits per heavy atom. The van der Waals surface area contributed by atoms with Gasteiger partial charge in [-0.1, -0.05) is 31.5 Å². The van der Waals surface area contributed by atoms with Crippen molar-refractivity contribution in [1.29, 1.82) is 0 Å². The molecule has 1 aromatic carbocycles. The van der Waals surface area contributed by atoms with Crippen molar-refractivity contribution in [2.45, 2.75) is 45.1 Å². The van der Waals surface area contributed by atoms with Gasteiger partial charge in [-0.15, -0.1) is 0 Å². The van der Waals surface area contributed by atoms with Gasteiger partial charge in [-0.3, -0.25) is 0 Å². The predicted octanol–water partition coefficient (Wildman–Crippen LogP) is 2.98. The number of nitrogens with one attached hydrogen (secondary N) is 1. The van der Waals surface area contributed by atoms with Crippen LogP contribution in [0.25, 0.3) is 0 Å². The molecule has 1 aromatic rings. The number of aryl methyl sites for hydroxylation is 1. The van der Waals surface area contributed by atoms with Crippen LogP contribution in [0.15, 0.2) is 24.3 Å². The van der Waals surface area contributed by atoms with E-state index in [-0.39, 0.29) is 0 Å². The number of hydrogen-bond donors (Lipinski definition) is 2. The molecule has 0 aliphatic heterocycles. The molecule has 1 aliphatic rings. The molecule has 0 radical (unpaired) electrons. The molecule has 2 rings (SSSR count). The fourth-order valence-corrected chi connectivity index (χ4v) is 2.52. The lowest BCUT2D eigenvalue weighted by Gasteiger charge is -2.06. The number of anilines is 1. The van der Waals surface area contributed by atoms with Crippen LogP contribution in [0.1, 0.15) is 38.2 Å². The van der Waals surface area contributed by atoms with Gasteiger partial charge >= 0.3 is 0 Å². The number of benzene rings is 1. The van der Waals surface area contributed by atoms with Crippen molar-refractivity contribution in [3.05, 3.63) is 29.8 Å². The van der Waals surface area contributed by atoms with Crippen LogP contribution in [0, 0.1) is 5.92 Å². The quantitative estimate of drug-likeness (QED) is 0.560. The molecule has 3 N–H and O–H groups in total. The second-order valence-corrected chi connectivity index (χ2v) is 5.15. The molecule has 0 bridgehead atoms. The molecule has 94 valence electrons. The molecule has 1 aliphatic carbocycles. The lowest BCUT2D eigenvalue weighted by atomic mass is 10.1. The molecule has 1 saturated carbocycles. The normalized spacial score (nSPS) is 22.6. The van der Waals surface area contributed by atoms with Gasteiger partial charge in [0, 0.05) is 11.7 Å². The summed E-state index contributed by atoms with van der Waals surface area (Å²) >= 11 is 0. The van der Waals surface area contributed by atoms with Crippen LogP contribution in [0.3, 0.4) is 0 Å². The van der Waals surface area contributed by atoms with Crippen LogP contribution in [0.4, 0.5) is 5.69 Å². The van der Waals surface area contributed by atoms with Crippen LogP contribution in [-0.4, -0.2) is 12.6 Å². The van der Waals surface area contributed by atoms with Crippen molar-refractivity contribution < 1.29 is 0 Å². The van der Waals surface area contributed by atoms with Crippen LogP contribution in [0.2, 0.25) is 0 Å².